The summed E-state index contributed by atoms with van der Waals surface area (Å²) >= 11 is 0. The summed E-state index contributed by atoms with van der Waals surface area (Å²) < 4.78 is 36.5. The highest BCUT2D eigenvalue weighted by Crippen LogP contribution is 2.30. The Morgan fingerprint density at radius 3 is 2.81 bits per heavy atom. The van der Waals surface area contributed by atoms with Crippen molar-refractivity contribution in [1.29, 1.82) is 0 Å². The molecule has 1 aliphatic rings. The van der Waals surface area contributed by atoms with Crippen molar-refractivity contribution in [3.8, 4) is 0 Å². The number of imidazole rings is 1. The quantitative estimate of drug-likeness (QED) is 0.523. The maximum absolute atomic E-state index is 13.2. The zero-order chi connectivity index (χ0) is 22.7. The van der Waals surface area contributed by atoms with Crippen LogP contribution < -0.4 is 9.62 Å². The average molecular weight is 457 g/mol. The lowest BCUT2D eigenvalue weighted by atomic mass is 10.0. The third-order valence-electron chi connectivity index (χ3n) is 5.61. The Labute approximate surface area is 188 Å². The van der Waals surface area contributed by atoms with Gasteiger partial charge in [-0.15, -0.1) is 0 Å². The molecular weight excluding hydrogens is 428 g/mol. The molecule has 1 N–H and O–H groups in total. The number of fused-ring (bicyclic) bond motifs is 2. The first-order chi connectivity index (χ1) is 15.4. The van der Waals surface area contributed by atoms with Gasteiger partial charge in [0.2, 0.25) is 11.9 Å². The van der Waals surface area contributed by atoms with Crippen molar-refractivity contribution in [2.24, 2.45) is 0 Å². The second-order valence-electron chi connectivity index (χ2n) is 7.80. The summed E-state index contributed by atoms with van der Waals surface area (Å²) in [5, 5.41) is 0. The van der Waals surface area contributed by atoms with Crippen LogP contribution in [0.25, 0.3) is 11.0 Å². The summed E-state index contributed by atoms with van der Waals surface area (Å²) in [6.07, 6.45) is 2.28. The van der Waals surface area contributed by atoms with Crippen LogP contribution in [0.3, 0.4) is 0 Å². The molecule has 1 amide bonds. The predicted octanol–water partition coefficient (Wildman–Crippen LogP) is 3.56. The second-order valence-corrected chi connectivity index (χ2v) is 9.48. The second kappa shape index (κ2) is 9.30. The molecule has 0 bridgehead atoms. The third-order valence-corrected chi connectivity index (χ3v) is 6.94. The van der Waals surface area contributed by atoms with Gasteiger partial charge in [-0.05, 0) is 62.1 Å². The first-order valence-electron chi connectivity index (χ1n) is 10.9. The lowest BCUT2D eigenvalue weighted by Crippen LogP contribution is -2.33. The Kier molecular flexibility index (Phi) is 6.48. The number of carbonyl (C=O) groups excluding carboxylic acids is 1. The summed E-state index contributed by atoms with van der Waals surface area (Å²) in [6.45, 7) is 5.93. The number of nitrogens with one attached hydrogen (secondary N) is 1. The highest BCUT2D eigenvalue weighted by Gasteiger charge is 2.24. The fourth-order valence-corrected chi connectivity index (χ4v) is 5.15. The van der Waals surface area contributed by atoms with Gasteiger partial charge in [0.15, 0.2) is 0 Å². The Balaban J connectivity index is 1.64. The molecule has 0 unspecified atom stereocenters. The molecule has 2 heterocycles. The number of anilines is 2. The average Bonchev–Trinajstić information content (AvgIpc) is 3.12. The maximum Gasteiger partial charge on any atom is 0.264 e. The number of nitrogens with zero attached hydrogens (tertiary/aromatic N) is 3. The summed E-state index contributed by atoms with van der Waals surface area (Å²) in [6, 6.07) is 12.5. The monoisotopic (exact) mass is 456 g/mol. The largest absolute Gasteiger partial charge is 0.382 e. The van der Waals surface area contributed by atoms with Gasteiger partial charge in [-0.2, -0.15) is 0 Å². The summed E-state index contributed by atoms with van der Waals surface area (Å²) in [4.78, 5) is 18.3. The van der Waals surface area contributed by atoms with E-state index in [9.17, 15) is 13.2 Å². The van der Waals surface area contributed by atoms with E-state index in [1.165, 1.54) is 6.92 Å². The van der Waals surface area contributed by atoms with E-state index in [1.807, 2.05) is 35.8 Å². The molecule has 0 saturated carbocycles. The van der Waals surface area contributed by atoms with Crippen LogP contribution >= 0.6 is 0 Å². The molecule has 1 aromatic heterocycles. The van der Waals surface area contributed by atoms with E-state index in [1.54, 1.807) is 23.1 Å². The van der Waals surface area contributed by atoms with Gasteiger partial charge in [-0.1, -0.05) is 12.1 Å². The van der Waals surface area contributed by atoms with Crippen LogP contribution in [0.4, 0.5) is 11.6 Å². The van der Waals surface area contributed by atoms with Crippen LogP contribution in [0, 0.1) is 0 Å². The molecule has 9 heteroatoms. The third kappa shape index (κ3) is 4.49. The van der Waals surface area contributed by atoms with Crippen molar-refractivity contribution >= 4 is 38.6 Å². The smallest absolute Gasteiger partial charge is 0.264 e. The van der Waals surface area contributed by atoms with Gasteiger partial charge in [-0.3, -0.25) is 4.79 Å². The van der Waals surface area contributed by atoms with E-state index in [-0.39, 0.29) is 16.8 Å². The summed E-state index contributed by atoms with van der Waals surface area (Å²) in [7, 11) is -3.86. The SMILES string of the molecule is CCOCCCn1c(NS(=O)(=O)c2ccc3c(c2)CCCN3C(C)=O)nc2ccccc21. The number of hydrogen-bond acceptors (Lipinski definition) is 5. The van der Waals surface area contributed by atoms with Gasteiger partial charge in [-0.25, -0.2) is 18.1 Å². The molecule has 2 aromatic carbocycles. The van der Waals surface area contributed by atoms with Gasteiger partial charge >= 0.3 is 0 Å². The molecule has 0 saturated heterocycles. The van der Waals surface area contributed by atoms with Crippen molar-refractivity contribution in [2.45, 2.75) is 44.6 Å². The Morgan fingerprint density at radius 2 is 2.03 bits per heavy atom. The van der Waals surface area contributed by atoms with Crippen LogP contribution in [-0.4, -0.2) is 43.6 Å². The van der Waals surface area contributed by atoms with Crippen molar-refractivity contribution in [1.82, 2.24) is 9.55 Å². The number of ether oxygens (including phenoxy) is 1. The minimum Gasteiger partial charge on any atom is -0.382 e. The van der Waals surface area contributed by atoms with E-state index in [4.69, 9.17) is 4.74 Å². The van der Waals surface area contributed by atoms with Crippen molar-refractivity contribution in [3.05, 3.63) is 48.0 Å². The van der Waals surface area contributed by atoms with E-state index in [2.05, 4.69) is 9.71 Å². The van der Waals surface area contributed by atoms with Crippen molar-refractivity contribution < 1.29 is 17.9 Å². The van der Waals surface area contributed by atoms with Crippen LogP contribution in [-0.2, 0) is 32.5 Å². The van der Waals surface area contributed by atoms with Gasteiger partial charge in [0, 0.05) is 38.9 Å². The number of aromatic nitrogens is 2. The van der Waals surface area contributed by atoms with Crippen LogP contribution in [0.15, 0.2) is 47.4 Å². The number of hydrogen-bond donors (Lipinski definition) is 1. The Hall–Kier alpha value is -2.91. The number of benzene rings is 2. The minimum absolute atomic E-state index is 0.0412. The predicted molar refractivity (Wildman–Crippen MR) is 124 cm³/mol. The van der Waals surface area contributed by atoms with Gasteiger partial charge < -0.3 is 14.2 Å². The zero-order valence-corrected chi connectivity index (χ0v) is 19.2. The topological polar surface area (TPSA) is 93.5 Å². The molecule has 0 atom stereocenters. The number of carbonyl (C=O) groups is 1. The Morgan fingerprint density at radius 1 is 1.22 bits per heavy atom. The van der Waals surface area contributed by atoms with Gasteiger partial charge in [0.1, 0.15) is 0 Å². The summed E-state index contributed by atoms with van der Waals surface area (Å²) in [5.41, 5.74) is 3.23. The normalized spacial score (nSPS) is 13.9. The number of para-hydroxylation sites is 2. The fourth-order valence-electron chi connectivity index (χ4n) is 4.10. The first kappa shape index (κ1) is 22.3. The molecule has 0 spiro atoms. The van der Waals surface area contributed by atoms with E-state index >= 15 is 0 Å². The van der Waals surface area contributed by atoms with E-state index < -0.39 is 10.0 Å². The standard InChI is InChI=1S/C23H28N4O4S/c1-3-31-15-7-14-27-22-10-5-4-9-20(22)24-23(27)25-32(29,30)19-11-12-21-18(16-19)8-6-13-26(21)17(2)28/h4-5,9-12,16H,3,6-8,13-15H2,1-2H3,(H,24,25). The number of aryl methyl sites for hydroxylation is 2. The lowest BCUT2D eigenvalue weighted by Gasteiger charge is -2.28. The zero-order valence-electron chi connectivity index (χ0n) is 18.4. The fraction of sp³-hybridized carbons (Fsp3) is 0.391. The molecule has 0 radical (unpaired) electrons. The highest BCUT2D eigenvalue weighted by atomic mass is 32.2. The van der Waals surface area contributed by atoms with Crippen LogP contribution in [0.5, 0.6) is 0 Å². The molecule has 0 fully saturated rings. The molecule has 3 aromatic rings. The highest BCUT2D eigenvalue weighted by molar-refractivity contribution is 7.92. The first-order valence-corrected chi connectivity index (χ1v) is 12.4. The number of sulfonamides is 1. The number of rotatable bonds is 8. The van der Waals surface area contributed by atoms with Crippen LogP contribution in [0.1, 0.15) is 32.3 Å². The van der Waals surface area contributed by atoms with E-state index in [0.717, 1.165) is 41.5 Å². The summed E-state index contributed by atoms with van der Waals surface area (Å²) in [5.74, 6) is 0.242. The number of amides is 1. The van der Waals surface area contributed by atoms with Crippen LogP contribution in [0.2, 0.25) is 0 Å². The van der Waals surface area contributed by atoms with Crippen molar-refractivity contribution in [2.75, 3.05) is 29.4 Å². The molecule has 0 aliphatic carbocycles. The minimum atomic E-state index is -3.86. The maximum atomic E-state index is 13.2. The molecule has 8 nitrogen and oxygen atoms in total. The van der Waals surface area contributed by atoms with Gasteiger partial charge in [0.05, 0.1) is 15.9 Å². The van der Waals surface area contributed by atoms with E-state index in [0.29, 0.717) is 26.3 Å². The molecule has 4 rings (SSSR count). The lowest BCUT2D eigenvalue weighted by molar-refractivity contribution is -0.116. The molecule has 1 aliphatic heterocycles. The van der Waals surface area contributed by atoms with Gasteiger partial charge in [0.25, 0.3) is 10.0 Å². The molecule has 32 heavy (non-hydrogen) atoms. The Bertz CT molecular complexity index is 1240. The molecular formula is C23H28N4O4S. The molecule has 170 valence electrons. The van der Waals surface area contributed by atoms with Crippen molar-refractivity contribution in [3.63, 3.8) is 0 Å².